The van der Waals surface area contributed by atoms with Gasteiger partial charge in [-0.15, -0.1) is 0 Å². The number of benzene rings is 3. The van der Waals surface area contributed by atoms with Gasteiger partial charge in [-0.05, 0) is 80.8 Å². The van der Waals surface area contributed by atoms with Crippen molar-refractivity contribution in [1.82, 2.24) is 4.90 Å². The first-order chi connectivity index (χ1) is 18.7. The van der Waals surface area contributed by atoms with Gasteiger partial charge in [-0.2, -0.15) is 0 Å². The molecule has 9 heteroatoms. The lowest BCUT2D eigenvalue weighted by Crippen LogP contribution is -2.46. The van der Waals surface area contributed by atoms with Crippen LogP contribution < -0.4 is 5.32 Å². The van der Waals surface area contributed by atoms with Crippen molar-refractivity contribution in [2.75, 3.05) is 18.5 Å². The summed E-state index contributed by atoms with van der Waals surface area (Å²) in [6, 6.07) is 20.0. The van der Waals surface area contributed by atoms with Crippen LogP contribution in [0.5, 0.6) is 0 Å². The fraction of sp³-hybridized carbons (Fsp3) is 0.267. The molecular weight excluding hydrogens is 534 g/mol. The molecule has 1 heterocycles. The van der Waals surface area contributed by atoms with E-state index in [1.165, 1.54) is 11.8 Å². The van der Waals surface area contributed by atoms with E-state index in [2.05, 4.69) is 5.32 Å². The summed E-state index contributed by atoms with van der Waals surface area (Å²) in [5, 5.41) is 3.42. The molecule has 3 aromatic rings. The number of amidine groups is 1. The minimum absolute atomic E-state index is 0.0584. The summed E-state index contributed by atoms with van der Waals surface area (Å²) in [6.07, 6.45) is 0.659. The molecule has 1 saturated heterocycles. The zero-order chi connectivity index (χ0) is 27.9. The van der Waals surface area contributed by atoms with Gasteiger partial charge in [0.1, 0.15) is 5.25 Å². The number of aryl methyl sites for hydroxylation is 2. The molecule has 7 nitrogen and oxygen atoms in total. The van der Waals surface area contributed by atoms with E-state index in [-0.39, 0.29) is 24.8 Å². The molecule has 0 spiro atoms. The van der Waals surface area contributed by atoms with Gasteiger partial charge in [-0.1, -0.05) is 53.2 Å². The highest BCUT2D eigenvalue weighted by Gasteiger charge is 2.36. The molecule has 0 aromatic heterocycles. The smallest absolute Gasteiger partial charge is 0.338 e. The molecule has 0 aliphatic carbocycles. The maximum Gasteiger partial charge on any atom is 0.338 e. The zero-order valence-corrected chi connectivity index (χ0v) is 23.6. The molecule has 1 aliphatic rings. The normalized spacial score (nSPS) is 16.3. The van der Waals surface area contributed by atoms with Crippen LogP contribution >= 0.6 is 23.4 Å². The van der Waals surface area contributed by atoms with Crippen LogP contribution in [-0.2, 0) is 20.7 Å². The van der Waals surface area contributed by atoms with Crippen molar-refractivity contribution in [3.8, 4) is 0 Å². The first-order valence-corrected chi connectivity index (χ1v) is 13.9. The number of hydrogen-bond acceptors (Lipinski definition) is 6. The van der Waals surface area contributed by atoms with Crippen LogP contribution in [0.15, 0.2) is 71.7 Å². The minimum atomic E-state index is -0.637. The number of aliphatic imine (C=N–C) groups is 1. The molecule has 1 aliphatic heterocycles. The average Bonchev–Trinajstić information content (AvgIpc) is 2.91. The van der Waals surface area contributed by atoms with Crippen molar-refractivity contribution in [3.63, 3.8) is 0 Å². The number of amides is 2. The SMILES string of the molecule is CCOC(=O)c1ccc(N=C2S[C@@H](C(=O)Nc3ccc(C)cc3C)CC(=O)N2CCc2ccc(Cl)cc2)cc1. The van der Waals surface area contributed by atoms with E-state index in [0.29, 0.717) is 34.4 Å². The summed E-state index contributed by atoms with van der Waals surface area (Å²) in [4.78, 5) is 44.9. The van der Waals surface area contributed by atoms with E-state index in [1.807, 2.05) is 56.3 Å². The highest BCUT2D eigenvalue weighted by Crippen LogP contribution is 2.31. The second-order valence-electron chi connectivity index (χ2n) is 9.20. The summed E-state index contributed by atoms with van der Waals surface area (Å²) in [6.45, 7) is 6.37. The van der Waals surface area contributed by atoms with Gasteiger partial charge in [0.15, 0.2) is 5.17 Å². The summed E-state index contributed by atoms with van der Waals surface area (Å²) in [7, 11) is 0. The number of nitrogens with one attached hydrogen (secondary N) is 1. The standard InChI is InChI=1S/C30H30ClN3O4S/c1-4-38-29(37)22-8-12-24(13-9-22)32-30-34(16-15-21-6-10-23(31)11-7-21)27(35)18-26(39-30)28(36)33-25-14-5-19(2)17-20(25)3/h5-14,17,26H,4,15-16,18H2,1-3H3,(H,33,36)/t26-/m1/s1. The van der Waals surface area contributed by atoms with Gasteiger partial charge < -0.3 is 10.1 Å². The molecule has 0 bridgehead atoms. The first-order valence-electron chi connectivity index (χ1n) is 12.7. The van der Waals surface area contributed by atoms with E-state index >= 15 is 0 Å². The van der Waals surface area contributed by atoms with Crippen LogP contribution in [-0.4, -0.2) is 46.3 Å². The van der Waals surface area contributed by atoms with Crippen LogP contribution in [0.2, 0.25) is 5.02 Å². The third-order valence-electron chi connectivity index (χ3n) is 6.21. The number of carbonyl (C=O) groups is 3. The highest BCUT2D eigenvalue weighted by molar-refractivity contribution is 8.15. The van der Waals surface area contributed by atoms with Crippen molar-refractivity contribution in [1.29, 1.82) is 0 Å². The van der Waals surface area contributed by atoms with Gasteiger partial charge in [0.05, 0.1) is 17.9 Å². The van der Waals surface area contributed by atoms with E-state index in [9.17, 15) is 14.4 Å². The Balaban J connectivity index is 1.57. The van der Waals surface area contributed by atoms with Gasteiger partial charge in [0.2, 0.25) is 11.8 Å². The van der Waals surface area contributed by atoms with Gasteiger partial charge in [0.25, 0.3) is 0 Å². The Morgan fingerprint density at radius 2 is 1.79 bits per heavy atom. The Bertz CT molecular complexity index is 1390. The molecule has 1 fully saturated rings. The van der Waals surface area contributed by atoms with Gasteiger partial charge in [0, 0.05) is 23.7 Å². The number of thioether (sulfide) groups is 1. The van der Waals surface area contributed by atoms with Crippen LogP contribution in [0.3, 0.4) is 0 Å². The molecule has 0 saturated carbocycles. The number of esters is 1. The molecule has 0 radical (unpaired) electrons. The number of anilines is 1. The van der Waals surface area contributed by atoms with Gasteiger partial charge in [-0.3, -0.25) is 14.5 Å². The van der Waals surface area contributed by atoms with Crippen LogP contribution in [0.4, 0.5) is 11.4 Å². The van der Waals surface area contributed by atoms with Crippen molar-refractivity contribution in [2.45, 2.75) is 38.9 Å². The Hall–Kier alpha value is -3.62. The lowest BCUT2D eigenvalue weighted by atomic mass is 10.1. The Kier molecular flexibility index (Phi) is 9.43. The zero-order valence-electron chi connectivity index (χ0n) is 22.1. The number of ether oxygens (including phenoxy) is 1. The predicted octanol–water partition coefficient (Wildman–Crippen LogP) is 6.34. The highest BCUT2D eigenvalue weighted by atomic mass is 35.5. The van der Waals surface area contributed by atoms with Crippen molar-refractivity contribution < 1.29 is 19.1 Å². The molecule has 1 atom stereocenters. The molecule has 4 rings (SSSR count). The average molecular weight is 564 g/mol. The fourth-order valence-electron chi connectivity index (χ4n) is 4.12. The number of halogens is 1. The number of nitrogens with zero attached hydrogens (tertiary/aromatic N) is 2. The van der Waals surface area contributed by atoms with E-state index in [1.54, 1.807) is 36.1 Å². The summed E-state index contributed by atoms with van der Waals surface area (Å²) < 4.78 is 5.05. The fourth-order valence-corrected chi connectivity index (χ4v) is 5.37. The molecule has 39 heavy (non-hydrogen) atoms. The van der Waals surface area contributed by atoms with E-state index in [4.69, 9.17) is 21.3 Å². The molecule has 3 aromatic carbocycles. The van der Waals surface area contributed by atoms with Crippen molar-refractivity contribution >= 4 is 57.7 Å². The topological polar surface area (TPSA) is 88.1 Å². The largest absolute Gasteiger partial charge is 0.462 e. The number of rotatable bonds is 8. The summed E-state index contributed by atoms with van der Waals surface area (Å²) in [5.74, 6) is -0.833. The maximum absolute atomic E-state index is 13.3. The van der Waals surface area contributed by atoms with Crippen LogP contribution in [0.1, 0.15) is 40.4 Å². The van der Waals surface area contributed by atoms with Crippen molar-refractivity contribution in [3.05, 3.63) is 94.0 Å². The van der Waals surface area contributed by atoms with Gasteiger partial charge >= 0.3 is 5.97 Å². The number of hydrogen-bond donors (Lipinski definition) is 1. The summed E-state index contributed by atoms with van der Waals surface area (Å²) >= 11 is 7.27. The molecule has 2 amide bonds. The van der Waals surface area contributed by atoms with Gasteiger partial charge in [-0.25, -0.2) is 9.79 Å². The molecule has 1 N–H and O–H groups in total. The Labute approximate surface area is 237 Å². The Morgan fingerprint density at radius 1 is 1.08 bits per heavy atom. The third-order valence-corrected chi connectivity index (χ3v) is 7.65. The maximum atomic E-state index is 13.3. The number of carbonyl (C=O) groups excluding carboxylic acids is 3. The second-order valence-corrected chi connectivity index (χ2v) is 10.8. The molecular formula is C30H30ClN3O4S. The van der Waals surface area contributed by atoms with E-state index < -0.39 is 11.2 Å². The third kappa shape index (κ3) is 7.49. The minimum Gasteiger partial charge on any atom is -0.462 e. The van der Waals surface area contributed by atoms with Crippen LogP contribution in [0.25, 0.3) is 0 Å². The van der Waals surface area contributed by atoms with E-state index in [0.717, 1.165) is 22.4 Å². The predicted molar refractivity (Wildman–Crippen MR) is 157 cm³/mol. The quantitative estimate of drug-likeness (QED) is 0.323. The molecule has 202 valence electrons. The lowest BCUT2D eigenvalue weighted by Gasteiger charge is -2.32. The molecule has 0 unspecified atom stereocenters. The van der Waals surface area contributed by atoms with Crippen molar-refractivity contribution in [2.24, 2.45) is 4.99 Å². The second kappa shape index (κ2) is 13.0. The summed E-state index contributed by atoms with van der Waals surface area (Å²) in [5.41, 5.74) is 4.79. The lowest BCUT2D eigenvalue weighted by molar-refractivity contribution is -0.129. The monoisotopic (exact) mass is 563 g/mol. The first kappa shape index (κ1) is 28.4. The van der Waals surface area contributed by atoms with Crippen LogP contribution in [0, 0.1) is 13.8 Å². The Morgan fingerprint density at radius 3 is 2.46 bits per heavy atom.